The quantitative estimate of drug-likeness (QED) is 0.670. The van der Waals surface area contributed by atoms with E-state index in [4.69, 9.17) is 5.11 Å². The van der Waals surface area contributed by atoms with Gasteiger partial charge in [-0.2, -0.15) is 0 Å². The lowest BCUT2D eigenvalue weighted by Gasteiger charge is -2.26. The molecule has 1 heterocycles. The molecule has 1 unspecified atom stereocenters. The number of nitrogens with zero attached hydrogens (tertiary/aromatic N) is 1. The van der Waals surface area contributed by atoms with E-state index in [0.29, 0.717) is 0 Å². The summed E-state index contributed by atoms with van der Waals surface area (Å²) in [6.07, 6.45) is 8.16. The van der Waals surface area contributed by atoms with Gasteiger partial charge in [-0.3, -0.25) is 9.69 Å². The number of likely N-dealkylation sites (tertiary alicyclic amines) is 1. The van der Waals surface area contributed by atoms with Crippen LogP contribution in [0.15, 0.2) is 0 Å². The van der Waals surface area contributed by atoms with Gasteiger partial charge in [0.05, 0.1) is 0 Å². The average Bonchev–Trinajstić information content (AvgIpc) is 2.54. The molecule has 0 saturated carbocycles. The topological polar surface area (TPSA) is 60.8 Å². The molecule has 17 heavy (non-hydrogen) atoms. The lowest BCUT2D eigenvalue weighted by Crippen LogP contribution is -2.41. The average molecular weight is 243 g/mol. The highest BCUT2D eigenvalue weighted by atomic mass is 16.4. The van der Waals surface area contributed by atoms with Gasteiger partial charge < -0.3 is 10.2 Å². The Morgan fingerprint density at radius 3 is 2.59 bits per heavy atom. The van der Waals surface area contributed by atoms with E-state index in [1.54, 1.807) is 0 Å². The fourth-order valence-electron chi connectivity index (χ4n) is 2.50. The van der Waals surface area contributed by atoms with E-state index in [9.17, 15) is 9.90 Å². The van der Waals surface area contributed by atoms with Crippen molar-refractivity contribution in [2.75, 3.05) is 19.7 Å². The molecule has 100 valence electrons. The van der Waals surface area contributed by atoms with Crippen molar-refractivity contribution in [1.82, 2.24) is 4.90 Å². The molecule has 0 amide bonds. The predicted octanol–water partition coefficient (Wildman–Crippen LogP) is 1.87. The molecule has 0 radical (unpaired) electrons. The van der Waals surface area contributed by atoms with Gasteiger partial charge in [0, 0.05) is 6.61 Å². The van der Waals surface area contributed by atoms with Crippen molar-refractivity contribution in [3.8, 4) is 0 Å². The number of aliphatic hydroxyl groups is 1. The first kappa shape index (κ1) is 14.5. The molecule has 4 nitrogen and oxygen atoms in total. The number of hydrogen-bond donors (Lipinski definition) is 2. The van der Waals surface area contributed by atoms with E-state index >= 15 is 0 Å². The van der Waals surface area contributed by atoms with Crippen LogP contribution in [0.5, 0.6) is 0 Å². The van der Waals surface area contributed by atoms with Crippen LogP contribution in [-0.2, 0) is 4.79 Å². The molecule has 0 aliphatic carbocycles. The van der Waals surface area contributed by atoms with E-state index < -0.39 is 5.97 Å². The van der Waals surface area contributed by atoms with Crippen molar-refractivity contribution in [3.63, 3.8) is 0 Å². The minimum atomic E-state index is -0.665. The number of aliphatic carboxylic acids is 1. The zero-order valence-electron chi connectivity index (χ0n) is 10.6. The van der Waals surface area contributed by atoms with E-state index in [1.807, 2.05) is 0 Å². The molecule has 0 aromatic heterocycles. The van der Waals surface area contributed by atoms with E-state index in [-0.39, 0.29) is 12.6 Å². The summed E-state index contributed by atoms with van der Waals surface area (Å²) < 4.78 is 0. The zero-order chi connectivity index (χ0) is 12.5. The third-order valence-electron chi connectivity index (χ3n) is 3.50. The molecule has 2 N–H and O–H groups in total. The number of aliphatic hydroxyl groups excluding tert-OH is 1. The van der Waals surface area contributed by atoms with E-state index in [0.717, 1.165) is 64.5 Å². The number of unbranched alkanes of at least 4 members (excludes halogenated alkanes) is 3. The van der Waals surface area contributed by atoms with Crippen LogP contribution < -0.4 is 0 Å². The van der Waals surface area contributed by atoms with Gasteiger partial charge in [-0.25, -0.2) is 0 Å². The van der Waals surface area contributed by atoms with Crippen molar-refractivity contribution in [1.29, 1.82) is 0 Å². The van der Waals surface area contributed by atoms with Crippen LogP contribution in [0, 0.1) is 0 Å². The van der Waals surface area contributed by atoms with Crippen molar-refractivity contribution in [2.24, 2.45) is 0 Å². The Kier molecular flexibility index (Phi) is 7.21. The van der Waals surface area contributed by atoms with Crippen molar-refractivity contribution in [2.45, 2.75) is 57.4 Å². The number of rotatable bonds is 7. The molecular weight excluding hydrogens is 218 g/mol. The Morgan fingerprint density at radius 1 is 1.12 bits per heavy atom. The number of carbonyl (C=O) groups is 1. The lowest BCUT2D eigenvalue weighted by atomic mass is 10.1. The number of hydrogen-bond acceptors (Lipinski definition) is 3. The standard InChI is InChI=1S/C13H25NO3/c15-11-7-2-1-5-9-14-10-6-3-4-8-12(14)13(16)17/h12,15H,1-11H2,(H,16,17). The summed E-state index contributed by atoms with van der Waals surface area (Å²) in [5, 5.41) is 17.9. The highest BCUT2D eigenvalue weighted by Crippen LogP contribution is 2.17. The second-order valence-corrected chi connectivity index (χ2v) is 4.88. The summed E-state index contributed by atoms with van der Waals surface area (Å²) in [5.41, 5.74) is 0. The Balaban J connectivity index is 2.28. The molecule has 1 fully saturated rings. The second kappa shape index (κ2) is 8.48. The maximum Gasteiger partial charge on any atom is 0.320 e. The molecule has 0 aromatic rings. The largest absolute Gasteiger partial charge is 0.480 e. The van der Waals surface area contributed by atoms with Crippen molar-refractivity contribution >= 4 is 5.97 Å². The Morgan fingerprint density at radius 2 is 1.88 bits per heavy atom. The van der Waals surface area contributed by atoms with Gasteiger partial charge in [0.2, 0.25) is 0 Å². The first-order valence-electron chi connectivity index (χ1n) is 6.83. The molecule has 1 aliphatic rings. The summed E-state index contributed by atoms with van der Waals surface area (Å²) in [6.45, 7) is 2.08. The normalized spacial score (nSPS) is 22.3. The first-order valence-corrected chi connectivity index (χ1v) is 6.83. The molecular formula is C13H25NO3. The minimum Gasteiger partial charge on any atom is -0.480 e. The molecule has 4 heteroatoms. The van der Waals surface area contributed by atoms with Crippen LogP contribution in [0.1, 0.15) is 51.4 Å². The molecule has 0 aromatic carbocycles. The van der Waals surface area contributed by atoms with Crippen LogP contribution in [0.25, 0.3) is 0 Å². The molecule has 1 rings (SSSR count). The highest BCUT2D eigenvalue weighted by Gasteiger charge is 2.26. The molecule has 1 aliphatic heterocycles. The third kappa shape index (κ3) is 5.50. The van der Waals surface area contributed by atoms with Crippen molar-refractivity contribution < 1.29 is 15.0 Å². The molecule has 1 saturated heterocycles. The fourth-order valence-corrected chi connectivity index (χ4v) is 2.50. The van der Waals surface area contributed by atoms with E-state index in [1.165, 1.54) is 0 Å². The number of carboxylic acid groups (broad SMARTS) is 1. The van der Waals surface area contributed by atoms with E-state index in [2.05, 4.69) is 4.90 Å². The van der Waals surface area contributed by atoms with Crippen LogP contribution in [0.2, 0.25) is 0 Å². The molecule has 1 atom stereocenters. The van der Waals surface area contributed by atoms with Crippen molar-refractivity contribution in [3.05, 3.63) is 0 Å². The third-order valence-corrected chi connectivity index (χ3v) is 3.50. The SMILES string of the molecule is O=C(O)C1CCCCCN1CCCCCCO. The molecule has 0 spiro atoms. The van der Waals surface area contributed by atoms with Gasteiger partial charge in [0.25, 0.3) is 0 Å². The van der Waals surface area contributed by atoms with Gasteiger partial charge in [-0.15, -0.1) is 0 Å². The zero-order valence-corrected chi connectivity index (χ0v) is 10.6. The minimum absolute atomic E-state index is 0.265. The molecule has 0 bridgehead atoms. The smallest absolute Gasteiger partial charge is 0.320 e. The van der Waals surface area contributed by atoms with Gasteiger partial charge in [0.1, 0.15) is 6.04 Å². The first-order chi connectivity index (χ1) is 8.25. The summed E-state index contributed by atoms with van der Waals surface area (Å²) in [4.78, 5) is 13.3. The van der Waals surface area contributed by atoms with Crippen LogP contribution in [0.4, 0.5) is 0 Å². The summed E-state index contributed by atoms with van der Waals surface area (Å²) in [7, 11) is 0. The highest BCUT2D eigenvalue weighted by molar-refractivity contribution is 5.73. The Bertz CT molecular complexity index is 221. The summed E-state index contributed by atoms with van der Waals surface area (Å²) in [6, 6.07) is -0.268. The van der Waals surface area contributed by atoms with Gasteiger partial charge in [-0.1, -0.05) is 25.7 Å². The lowest BCUT2D eigenvalue weighted by molar-refractivity contribution is -0.143. The Labute approximate surface area is 104 Å². The second-order valence-electron chi connectivity index (χ2n) is 4.88. The van der Waals surface area contributed by atoms with Gasteiger partial charge >= 0.3 is 5.97 Å². The van der Waals surface area contributed by atoms with Crippen LogP contribution in [-0.4, -0.2) is 46.8 Å². The predicted molar refractivity (Wildman–Crippen MR) is 67.0 cm³/mol. The Hall–Kier alpha value is -0.610. The maximum absolute atomic E-state index is 11.2. The van der Waals surface area contributed by atoms with Crippen LogP contribution in [0.3, 0.4) is 0 Å². The summed E-state index contributed by atoms with van der Waals surface area (Å²) in [5.74, 6) is -0.665. The summed E-state index contributed by atoms with van der Waals surface area (Å²) >= 11 is 0. The monoisotopic (exact) mass is 243 g/mol. The van der Waals surface area contributed by atoms with Crippen LogP contribution >= 0.6 is 0 Å². The number of carboxylic acids is 1. The van der Waals surface area contributed by atoms with Gasteiger partial charge in [-0.05, 0) is 38.8 Å². The maximum atomic E-state index is 11.2. The fraction of sp³-hybridized carbons (Fsp3) is 0.923. The van der Waals surface area contributed by atoms with Gasteiger partial charge in [0.15, 0.2) is 0 Å².